The lowest BCUT2D eigenvalue weighted by Gasteiger charge is -2.25. The average Bonchev–Trinajstić information content (AvgIpc) is 3.04. The van der Waals surface area contributed by atoms with Crippen molar-refractivity contribution in [3.63, 3.8) is 0 Å². The van der Waals surface area contributed by atoms with Crippen molar-refractivity contribution in [3.8, 4) is 5.75 Å². The largest absolute Gasteiger partial charge is 0.497 e. The first-order valence-electron chi connectivity index (χ1n) is 10.6. The number of benzene rings is 2. The van der Waals surface area contributed by atoms with Crippen LogP contribution in [0.5, 0.6) is 5.75 Å². The molecule has 1 aliphatic rings. The van der Waals surface area contributed by atoms with Gasteiger partial charge in [-0.3, -0.25) is 24.6 Å². The summed E-state index contributed by atoms with van der Waals surface area (Å²) in [4.78, 5) is 39.8. The Bertz CT molecular complexity index is 963. The van der Waals surface area contributed by atoms with Crippen LogP contribution < -0.4 is 10.1 Å². The second-order valence-electron chi connectivity index (χ2n) is 7.81. The van der Waals surface area contributed by atoms with Crippen molar-refractivity contribution in [2.75, 3.05) is 33.3 Å². The van der Waals surface area contributed by atoms with Crippen LogP contribution in [0.3, 0.4) is 0 Å². The topological polar surface area (TPSA) is 105 Å². The van der Waals surface area contributed by atoms with Gasteiger partial charge in [-0.1, -0.05) is 18.2 Å². The van der Waals surface area contributed by atoms with Gasteiger partial charge >= 0.3 is 0 Å². The number of non-ortho nitro benzene ring substituents is 1. The maximum absolute atomic E-state index is 12.9. The SMILES string of the molecule is COc1ccc(CN2CCCN(C(=O)C(C)NC(=O)c3cccc([N+](=O)[O-])c3)CC2)cc1. The summed E-state index contributed by atoms with van der Waals surface area (Å²) in [5.74, 6) is 0.156. The summed E-state index contributed by atoms with van der Waals surface area (Å²) in [5, 5.41) is 13.6. The zero-order valence-corrected chi connectivity index (χ0v) is 18.3. The van der Waals surface area contributed by atoms with Crippen molar-refractivity contribution in [2.45, 2.75) is 25.9 Å². The minimum absolute atomic E-state index is 0.153. The first-order chi connectivity index (χ1) is 15.4. The molecule has 0 spiro atoms. The van der Waals surface area contributed by atoms with E-state index in [-0.39, 0.29) is 17.2 Å². The number of methoxy groups -OCH3 is 1. The van der Waals surface area contributed by atoms with Crippen LogP contribution in [0.25, 0.3) is 0 Å². The summed E-state index contributed by atoms with van der Waals surface area (Å²) in [7, 11) is 1.64. The van der Waals surface area contributed by atoms with Gasteiger partial charge in [-0.2, -0.15) is 0 Å². The number of amides is 2. The predicted octanol–water partition coefficient (Wildman–Crippen LogP) is 2.46. The maximum atomic E-state index is 12.9. The second kappa shape index (κ2) is 10.7. The van der Waals surface area contributed by atoms with E-state index in [4.69, 9.17) is 4.74 Å². The van der Waals surface area contributed by atoms with E-state index >= 15 is 0 Å². The molecule has 1 aliphatic heterocycles. The third kappa shape index (κ3) is 6.04. The van der Waals surface area contributed by atoms with Crippen molar-refractivity contribution in [2.24, 2.45) is 0 Å². The van der Waals surface area contributed by atoms with Crippen molar-refractivity contribution >= 4 is 17.5 Å². The smallest absolute Gasteiger partial charge is 0.270 e. The van der Waals surface area contributed by atoms with Crippen molar-refractivity contribution < 1.29 is 19.2 Å². The van der Waals surface area contributed by atoms with Gasteiger partial charge in [0.25, 0.3) is 11.6 Å². The minimum atomic E-state index is -0.727. The molecule has 170 valence electrons. The minimum Gasteiger partial charge on any atom is -0.497 e. The van der Waals surface area contributed by atoms with Crippen LogP contribution in [0.1, 0.15) is 29.3 Å². The summed E-state index contributed by atoms with van der Waals surface area (Å²) in [5.41, 5.74) is 1.17. The monoisotopic (exact) mass is 440 g/mol. The number of nitrogens with zero attached hydrogens (tertiary/aromatic N) is 3. The maximum Gasteiger partial charge on any atom is 0.270 e. The molecule has 0 bridgehead atoms. The van der Waals surface area contributed by atoms with E-state index in [1.807, 2.05) is 24.3 Å². The molecule has 2 aromatic rings. The third-order valence-electron chi connectivity index (χ3n) is 5.50. The van der Waals surface area contributed by atoms with Crippen LogP contribution in [0.4, 0.5) is 5.69 Å². The summed E-state index contributed by atoms with van der Waals surface area (Å²) in [6, 6.07) is 12.7. The van der Waals surface area contributed by atoms with Gasteiger partial charge in [-0.25, -0.2) is 0 Å². The van der Waals surface area contributed by atoms with Gasteiger partial charge in [0.15, 0.2) is 0 Å². The third-order valence-corrected chi connectivity index (χ3v) is 5.50. The number of hydrogen-bond acceptors (Lipinski definition) is 6. The number of ether oxygens (including phenoxy) is 1. The molecule has 0 saturated carbocycles. The number of hydrogen-bond donors (Lipinski definition) is 1. The number of carbonyl (C=O) groups excluding carboxylic acids is 2. The highest BCUT2D eigenvalue weighted by atomic mass is 16.6. The highest BCUT2D eigenvalue weighted by Crippen LogP contribution is 2.15. The number of nitrogens with one attached hydrogen (secondary N) is 1. The molecular formula is C23H28N4O5. The van der Waals surface area contributed by atoms with E-state index in [1.54, 1.807) is 18.9 Å². The molecule has 32 heavy (non-hydrogen) atoms. The van der Waals surface area contributed by atoms with E-state index in [1.165, 1.54) is 29.8 Å². The molecule has 1 unspecified atom stereocenters. The van der Waals surface area contributed by atoms with Gasteiger partial charge in [-0.05, 0) is 37.1 Å². The summed E-state index contributed by atoms with van der Waals surface area (Å²) < 4.78 is 5.20. The van der Waals surface area contributed by atoms with Gasteiger partial charge in [0.05, 0.1) is 12.0 Å². The zero-order valence-electron chi connectivity index (χ0n) is 18.3. The molecular weight excluding hydrogens is 412 g/mol. The van der Waals surface area contributed by atoms with Gasteiger partial charge < -0.3 is 15.0 Å². The summed E-state index contributed by atoms with van der Waals surface area (Å²) >= 11 is 0. The Balaban J connectivity index is 1.53. The Hall–Kier alpha value is -3.46. The van der Waals surface area contributed by atoms with Crippen LogP contribution in [0, 0.1) is 10.1 Å². The fourth-order valence-electron chi connectivity index (χ4n) is 3.71. The molecule has 2 amide bonds. The molecule has 1 N–H and O–H groups in total. The molecule has 9 nitrogen and oxygen atoms in total. The molecule has 2 aromatic carbocycles. The molecule has 1 saturated heterocycles. The van der Waals surface area contributed by atoms with Crippen LogP contribution in [-0.2, 0) is 11.3 Å². The second-order valence-corrected chi connectivity index (χ2v) is 7.81. The lowest BCUT2D eigenvalue weighted by atomic mass is 10.1. The fourth-order valence-corrected chi connectivity index (χ4v) is 3.71. The zero-order chi connectivity index (χ0) is 23.1. The first kappa shape index (κ1) is 23.2. The highest BCUT2D eigenvalue weighted by Gasteiger charge is 2.25. The van der Waals surface area contributed by atoms with Crippen molar-refractivity contribution in [3.05, 3.63) is 69.8 Å². The summed E-state index contributed by atoms with van der Waals surface area (Å²) in [6.45, 7) is 5.25. The Labute approximate surface area is 187 Å². The van der Waals surface area contributed by atoms with Crippen LogP contribution in [-0.4, -0.2) is 65.9 Å². The van der Waals surface area contributed by atoms with Crippen molar-refractivity contribution in [1.82, 2.24) is 15.1 Å². The first-order valence-corrected chi connectivity index (χ1v) is 10.6. The van der Waals surface area contributed by atoms with Crippen LogP contribution in [0.2, 0.25) is 0 Å². The number of nitro benzene ring substituents is 1. The van der Waals surface area contributed by atoms with E-state index < -0.39 is 16.9 Å². The Morgan fingerprint density at radius 1 is 1.12 bits per heavy atom. The number of carbonyl (C=O) groups is 2. The van der Waals surface area contributed by atoms with E-state index in [0.29, 0.717) is 13.1 Å². The van der Waals surface area contributed by atoms with Crippen LogP contribution >= 0.6 is 0 Å². The molecule has 0 radical (unpaired) electrons. The number of rotatable bonds is 7. The normalized spacial score (nSPS) is 15.5. The fraction of sp³-hybridized carbons (Fsp3) is 0.391. The molecule has 1 fully saturated rings. The van der Waals surface area contributed by atoms with Gasteiger partial charge in [0.1, 0.15) is 11.8 Å². The van der Waals surface area contributed by atoms with E-state index in [9.17, 15) is 19.7 Å². The quantitative estimate of drug-likeness (QED) is 0.524. The number of nitro groups is 1. The van der Waals surface area contributed by atoms with Gasteiger partial charge in [0.2, 0.25) is 5.91 Å². The Morgan fingerprint density at radius 3 is 2.56 bits per heavy atom. The molecule has 1 heterocycles. The van der Waals surface area contributed by atoms with Crippen LogP contribution in [0.15, 0.2) is 48.5 Å². The van der Waals surface area contributed by atoms with E-state index in [0.717, 1.165) is 31.8 Å². The molecule has 3 rings (SSSR count). The lowest BCUT2D eigenvalue weighted by molar-refractivity contribution is -0.384. The summed E-state index contributed by atoms with van der Waals surface area (Å²) in [6.07, 6.45) is 0.841. The van der Waals surface area contributed by atoms with Gasteiger partial charge in [-0.15, -0.1) is 0 Å². The Morgan fingerprint density at radius 2 is 1.88 bits per heavy atom. The van der Waals surface area contributed by atoms with Gasteiger partial charge in [0, 0.05) is 50.4 Å². The molecule has 0 aromatic heterocycles. The molecule has 9 heteroatoms. The molecule has 1 atom stereocenters. The standard InChI is InChI=1S/C23H28N4O5/c1-17(24-22(28)19-5-3-6-20(15-19)27(30)31)23(29)26-12-4-11-25(13-14-26)16-18-7-9-21(32-2)10-8-18/h3,5-10,15,17H,4,11-14,16H2,1-2H3,(H,24,28). The van der Waals surface area contributed by atoms with E-state index in [2.05, 4.69) is 10.2 Å². The predicted molar refractivity (Wildman–Crippen MR) is 119 cm³/mol. The Kier molecular flexibility index (Phi) is 7.77. The van der Waals surface area contributed by atoms with Crippen molar-refractivity contribution in [1.29, 1.82) is 0 Å². The highest BCUT2D eigenvalue weighted by molar-refractivity contribution is 5.97. The average molecular weight is 441 g/mol. The molecule has 0 aliphatic carbocycles. The lowest BCUT2D eigenvalue weighted by Crippen LogP contribution is -2.48.